The highest BCUT2D eigenvalue weighted by Gasteiger charge is 2.38. The van der Waals surface area contributed by atoms with Crippen molar-refractivity contribution < 1.29 is 27.8 Å². The molecule has 0 aliphatic carbocycles. The maximum Gasteiger partial charge on any atom is 0.490 e. The fourth-order valence-electron chi connectivity index (χ4n) is 4.14. The van der Waals surface area contributed by atoms with E-state index in [-0.39, 0.29) is 0 Å². The molecule has 0 atom stereocenters. The van der Waals surface area contributed by atoms with Gasteiger partial charge in [0.25, 0.3) is 0 Å². The van der Waals surface area contributed by atoms with Crippen LogP contribution in [0.15, 0.2) is 61.3 Å². The van der Waals surface area contributed by atoms with Gasteiger partial charge >= 0.3 is 12.1 Å². The standard InChI is InChI=1S/C25H24ClN9O.C2HF3O2/c1-2-34-15-18(14-29-34)21-8-3-17-13-27-24(31-23(17)22(21)26)30-19-4-6-20(7-5-19)35-16-28-25(32-35)33-9-11-36-12-10-33;3-2(4,5)1(6)7/h3-8,13-16H,2,9-12H2,1H3,(H,27,30,31);(H,6,7). The molecule has 6 rings (SSSR count). The number of hydrogen-bond donors (Lipinski definition) is 2. The zero-order valence-electron chi connectivity index (χ0n) is 22.7. The fraction of sp³-hybridized carbons (Fsp3) is 0.259. The first-order chi connectivity index (χ1) is 20.6. The third-order valence-electron chi connectivity index (χ3n) is 6.36. The number of carboxylic acids is 1. The van der Waals surface area contributed by atoms with Crippen molar-refractivity contribution in [1.82, 2.24) is 34.5 Å². The number of anilines is 3. The third-order valence-corrected chi connectivity index (χ3v) is 6.75. The molecule has 1 aliphatic heterocycles. The summed E-state index contributed by atoms with van der Waals surface area (Å²) < 4.78 is 40.8. The summed E-state index contributed by atoms with van der Waals surface area (Å²) in [6.07, 6.45) is 2.21. The van der Waals surface area contributed by atoms with Gasteiger partial charge in [-0.1, -0.05) is 23.7 Å². The Hall–Kier alpha value is -4.76. The lowest BCUT2D eigenvalue weighted by Gasteiger charge is -2.25. The van der Waals surface area contributed by atoms with Gasteiger partial charge in [-0.2, -0.15) is 23.3 Å². The number of aromatic nitrogens is 7. The predicted molar refractivity (Wildman–Crippen MR) is 153 cm³/mol. The number of carbonyl (C=O) groups is 1. The van der Waals surface area contributed by atoms with Crippen molar-refractivity contribution in [2.45, 2.75) is 19.6 Å². The molecule has 0 unspecified atom stereocenters. The summed E-state index contributed by atoms with van der Waals surface area (Å²) in [6, 6.07) is 11.8. The number of ether oxygens (including phenoxy) is 1. The zero-order valence-corrected chi connectivity index (χ0v) is 23.4. The van der Waals surface area contributed by atoms with Gasteiger partial charge in [0, 0.05) is 54.2 Å². The Morgan fingerprint density at radius 3 is 2.47 bits per heavy atom. The van der Waals surface area contributed by atoms with Crippen molar-refractivity contribution in [2.24, 2.45) is 0 Å². The number of rotatable bonds is 6. The molecule has 0 amide bonds. The van der Waals surface area contributed by atoms with Crippen LogP contribution in [0.3, 0.4) is 0 Å². The minimum Gasteiger partial charge on any atom is -0.475 e. The molecule has 224 valence electrons. The number of hydrogen-bond acceptors (Lipinski definition) is 9. The number of alkyl halides is 3. The van der Waals surface area contributed by atoms with E-state index < -0.39 is 12.1 Å². The van der Waals surface area contributed by atoms with Gasteiger partial charge in [0.1, 0.15) is 6.33 Å². The Balaban J connectivity index is 0.000000472. The summed E-state index contributed by atoms with van der Waals surface area (Å²) in [4.78, 5) is 24.6. The van der Waals surface area contributed by atoms with Crippen LogP contribution in [0.1, 0.15) is 6.92 Å². The molecule has 2 N–H and O–H groups in total. The normalized spacial score (nSPS) is 13.5. The maximum absolute atomic E-state index is 10.6. The van der Waals surface area contributed by atoms with Crippen molar-refractivity contribution in [3.63, 3.8) is 0 Å². The van der Waals surface area contributed by atoms with Crippen molar-refractivity contribution >= 4 is 46.1 Å². The van der Waals surface area contributed by atoms with Crippen LogP contribution in [0.4, 0.5) is 30.8 Å². The van der Waals surface area contributed by atoms with E-state index in [0.717, 1.165) is 47.5 Å². The maximum atomic E-state index is 10.6. The molecule has 0 radical (unpaired) electrons. The monoisotopic (exact) mass is 615 g/mol. The molecular weight excluding hydrogens is 591 g/mol. The van der Waals surface area contributed by atoms with Crippen LogP contribution in [0.5, 0.6) is 0 Å². The molecule has 0 spiro atoms. The summed E-state index contributed by atoms with van der Waals surface area (Å²) in [5, 5.41) is 20.8. The van der Waals surface area contributed by atoms with Crippen LogP contribution in [-0.4, -0.2) is 78.1 Å². The molecule has 3 aromatic heterocycles. The first kappa shape index (κ1) is 29.7. The van der Waals surface area contributed by atoms with Gasteiger partial charge in [-0.3, -0.25) is 4.68 Å². The number of morpholine rings is 1. The molecule has 0 bridgehead atoms. The van der Waals surface area contributed by atoms with Crippen LogP contribution in [-0.2, 0) is 16.1 Å². The summed E-state index contributed by atoms with van der Waals surface area (Å²) in [7, 11) is 0. The van der Waals surface area contributed by atoms with E-state index in [2.05, 4.69) is 30.4 Å². The van der Waals surface area contributed by atoms with E-state index in [1.807, 2.05) is 60.4 Å². The third kappa shape index (κ3) is 7.01. The van der Waals surface area contributed by atoms with Gasteiger partial charge in [0.15, 0.2) is 0 Å². The van der Waals surface area contributed by atoms with Gasteiger partial charge in [-0.15, -0.1) is 5.10 Å². The quantitative estimate of drug-likeness (QED) is 0.270. The highest BCUT2D eigenvalue weighted by Crippen LogP contribution is 2.33. The number of halogens is 4. The Labute approximate surface area is 247 Å². The van der Waals surface area contributed by atoms with E-state index in [4.69, 9.17) is 31.2 Å². The van der Waals surface area contributed by atoms with Crippen LogP contribution in [0.2, 0.25) is 5.02 Å². The van der Waals surface area contributed by atoms with Crippen LogP contribution in [0, 0.1) is 0 Å². The molecule has 0 saturated carbocycles. The number of benzene rings is 2. The molecule has 4 heterocycles. The van der Waals surface area contributed by atoms with Crippen molar-refractivity contribution in [3.8, 4) is 16.8 Å². The highest BCUT2D eigenvalue weighted by molar-refractivity contribution is 6.37. The molecule has 1 saturated heterocycles. The molecule has 16 heteroatoms. The Morgan fingerprint density at radius 2 is 1.81 bits per heavy atom. The predicted octanol–water partition coefficient (Wildman–Crippen LogP) is 4.96. The van der Waals surface area contributed by atoms with E-state index in [9.17, 15) is 13.2 Å². The van der Waals surface area contributed by atoms with E-state index in [0.29, 0.717) is 35.6 Å². The summed E-state index contributed by atoms with van der Waals surface area (Å²) in [6.45, 7) is 5.83. The Morgan fingerprint density at radius 1 is 1.09 bits per heavy atom. The SMILES string of the molecule is CCn1cc(-c2ccc3cnc(Nc4ccc(-n5cnc(N6CCOCC6)n5)cc4)nc3c2Cl)cn1.O=C(O)C(F)(F)F. The molecular formula is C27H25ClF3N9O3. The number of aliphatic carboxylic acids is 1. The highest BCUT2D eigenvalue weighted by atomic mass is 35.5. The minimum atomic E-state index is -5.08. The number of nitrogens with zero attached hydrogens (tertiary/aromatic N) is 8. The zero-order chi connectivity index (χ0) is 30.6. The average Bonchev–Trinajstić information content (AvgIpc) is 3.69. The lowest BCUT2D eigenvalue weighted by Crippen LogP contribution is -2.37. The second-order valence-corrected chi connectivity index (χ2v) is 9.58. The second-order valence-electron chi connectivity index (χ2n) is 9.21. The van der Waals surface area contributed by atoms with Crippen molar-refractivity contribution in [1.29, 1.82) is 0 Å². The van der Waals surface area contributed by atoms with E-state index in [1.54, 1.807) is 17.2 Å². The number of nitrogens with one attached hydrogen (secondary N) is 1. The number of carboxylic acid groups (broad SMARTS) is 1. The van der Waals surface area contributed by atoms with E-state index >= 15 is 0 Å². The first-order valence-electron chi connectivity index (χ1n) is 13.0. The van der Waals surface area contributed by atoms with Gasteiger partial charge < -0.3 is 20.1 Å². The van der Waals surface area contributed by atoms with Gasteiger partial charge in [-0.25, -0.2) is 19.4 Å². The molecule has 43 heavy (non-hydrogen) atoms. The Kier molecular flexibility index (Phi) is 8.73. The van der Waals surface area contributed by atoms with Crippen LogP contribution in [0.25, 0.3) is 27.7 Å². The van der Waals surface area contributed by atoms with Gasteiger partial charge in [-0.05, 0) is 31.2 Å². The summed E-state index contributed by atoms with van der Waals surface area (Å²) in [5.74, 6) is -1.58. The average molecular weight is 616 g/mol. The summed E-state index contributed by atoms with van der Waals surface area (Å²) in [5.41, 5.74) is 4.29. The molecule has 12 nitrogen and oxygen atoms in total. The van der Waals surface area contributed by atoms with Crippen LogP contribution < -0.4 is 10.2 Å². The largest absolute Gasteiger partial charge is 0.490 e. The smallest absolute Gasteiger partial charge is 0.475 e. The first-order valence-corrected chi connectivity index (χ1v) is 13.4. The minimum absolute atomic E-state index is 0.467. The van der Waals surface area contributed by atoms with Crippen LogP contribution >= 0.6 is 11.6 Å². The van der Waals surface area contributed by atoms with Gasteiger partial charge in [0.2, 0.25) is 11.9 Å². The van der Waals surface area contributed by atoms with E-state index in [1.165, 1.54) is 0 Å². The lowest BCUT2D eigenvalue weighted by molar-refractivity contribution is -0.192. The Bertz CT molecular complexity index is 1720. The topological polar surface area (TPSA) is 136 Å². The molecule has 1 fully saturated rings. The number of aryl methyl sites for hydroxylation is 1. The molecule has 2 aromatic carbocycles. The number of fused-ring (bicyclic) bond motifs is 1. The second kappa shape index (κ2) is 12.6. The van der Waals surface area contributed by atoms with Crippen molar-refractivity contribution in [2.75, 3.05) is 36.5 Å². The molecule has 5 aromatic rings. The lowest BCUT2D eigenvalue weighted by atomic mass is 10.1. The van der Waals surface area contributed by atoms with Gasteiger partial charge in [0.05, 0.1) is 35.6 Å². The fourth-order valence-corrected chi connectivity index (χ4v) is 4.46. The molecule has 1 aliphatic rings. The van der Waals surface area contributed by atoms with Crippen molar-refractivity contribution in [3.05, 3.63) is 66.3 Å². The summed E-state index contributed by atoms with van der Waals surface area (Å²) >= 11 is 6.77.